The monoisotopic (exact) mass is 440 g/mol. The second-order valence-corrected chi connectivity index (χ2v) is 8.76. The van der Waals surface area contributed by atoms with Crippen molar-refractivity contribution in [2.24, 2.45) is 0 Å². The Morgan fingerprint density at radius 1 is 1.13 bits per heavy atom. The topological polar surface area (TPSA) is 80.9 Å². The average Bonchev–Trinajstić information content (AvgIpc) is 2.69. The Morgan fingerprint density at radius 3 is 2.61 bits per heavy atom. The van der Waals surface area contributed by atoms with E-state index in [1.54, 1.807) is 12.3 Å². The van der Waals surface area contributed by atoms with Gasteiger partial charge in [-0.25, -0.2) is 33.1 Å². The van der Waals surface area contributed by atoms with Gasteiger partial charge < -0.3 is 5.11 Å². The van der Waals surface area contributed by atoms with Crippen LogP contribution >= 0.6 is 11.8 Å². The first-order valence-corrected chi connectivity index (χ1v) is 10.3. The number of aromatic hydroxyl groups is 1. The van der Waals surface area contributed by atoms with E-state index < -0.39 is 28.8 Å². The molecule has 3 aromatic heterocycles. The molecule has 0 bridgehead atoms. The molecule has 0 aliphatic rings. The van der Waals surface area contributed by atoms with Crippen LogP contribution in [0.3, 0.4) is 0 Å². The van der Waals surface area contributed by atoms with Crippen LogP contribution in [0.25, 0.3) is 28.0 Å². The van der Waals surface area contributed by atoms with Crippen LogP contribution < -0.4 is 5.69 Å². The fraction of sp³-hybridized carbons (Fsp3) is 0.182. The van der Waals surface area contributed by atoms with Crippen LogP contribution in [0.5, 0.6) is 5.75 Å². The van der Waals surface area contributed by atoms with E-state index in [0.29, 0.717) is 10.7 Å². The minimum Gasteiger partial charge on any atom is -0.507 e. The van der Waals surface area contributed by atoms with Gasteiger partial charge in [-0.3, -0.25) is 0 Å². The summed E-state index contributed by atoms with van der Waals surface area (Å²) in [5.41, 5.74) is -0.0969. The van der Waals surface area contributed by atoms with E-state index >= 15 is 0 Å². The number of pyridine rings is 2. The van der Waals surface area contributed by atoms with E-state index in [-0.39, 0.29) is 21.8 Å². The van der Waals surface area contributed by atoms with Gasteiger partial charge in [-0.1, -0.05) is 19.9 Å². The summed E-state index contributed by atoms with van der Waals surface area (Å²) < 4.78 is 30.5. The lowest BCUT2D eigenvalue weighted by Gasteiger charge is -2.16. The summed E-state index contributed by atoms with van der Waals surface area (Å²) in [6.45, 7) is 5.81. The Morgan fingerprint density at radius 2 is 1.90 bits per heavy atom. The van der Waals surface area contributed by atoms with Gasteiger partial charge in [0, 0.05) is 23.0 Å². The molecule has 0 atom stereocenters. The Kier molecular flexibility index (Phi) is 5.45. The van der Waals surface area contributed by atoms with Crippen molar-refractivity contribution >= 4 is 22.8 Å². The van der Waals surface area contributed by atoms with Crippen molar-refractivity contribution < 1.29 is 13.9 Å². The fourth-order valence-electron chi connectivity index (χ4n) is 3.27. The highest BCUT2D eigenvalue weighted by molar-refractivity contribution is 7.99. The Hall–Kier alpha value is -3.33. The third-order valence-corrected chi connectivity index (χ3v) is 5.59. The molecule has 6 nitrogen and oxygen atoms in total. The predicted molar refractivity (Wildman–Crippen MR) is 116 cm³/mol. The number of rotatable bonds is 4. The van der Waals surface area contributed by atoms with Crippen LogP contribution in [0.2, 0.25) is 0 Å². The van der Waals surface area contributed by atoms with Crippen molar-refractivity contribution in [2.75, 3.05) is 0 Å². The highest BCUT2D eigenvalue weighted by Crippen LogP contribution is 2.35. The molecule has 4 rings (SSSR count). The summed E-state index contributed by atoms with van der Waals surface area (Å²) in [6.07, 6.45) is 2.86. The van der Waals surface area contributed by atoms with Gasteiger partial charge in [0.15, 0.2) is 11.5 Å². The second-order valence-electron chi connectivity index (χ2n) is 7.19. The van der Waals surface area contributed by atoms with Gasteiger partial charge in [-0.05, 0) is 36.8 Å². The number of fused-ring (bicyclic) bond motifs is 1. The SMILES string of the molecule is Cc1ccnc(SC(C)C)c1-n1c(=O)ncc2cc(F)c(-c3c(O)cccc3F)nc21. The van der Waals surface area contributed by atoms with Crippen LogP contribution in [0.1, 0.15) is 19.4 Å². The van der Waals surface area contributed by atoms with E-state index in [1.807, 2.05) is 20.8 Å². The molecule has 9 heteroatoms. The molecule has 0 spiro atoms. The minimum atomic E-state index is -0.848. The summed E-state index contributed by atoms with van der Waals surface area (Å²) in [5, 5.41) is 11.2. The molecular formula is C22H18F2N4O2S. The van der Waals surface area contributed by atoms with Gasteiger partial charge in [0.2, 0.25) is 0 Å². The lowest BCUT2D eigenvalue weighted by atomic mass is 10.1. The van der Waals surface area contributed by atoms with E-state index in [4.69, 9.17) is 0 Å². The summed E-state index contributed by atoms with van der Waals surface area (Å²) >= 11 is 1.46. The number of halogens is 2. The standard InChI is InChI=1S/C22H18F2N4O2S/c1-11(2)31-21-19(12(3)7-8-25-21)28-20-13(10-26-22(28)30)9-15(24)18(27-20)17-14(23)5-4-6-16(17)29/h4-11,29H,1-3H3. The number of nitrogens with zero attached hydrogens (tertiary/aromatic N) is 4. The molecule has 0 amide bonds. The molecule has 0 saturated heterocycles. The van der Waals surface area contributed by atoms with Crippen molar-refractivity contribution in [1.29, 1.82) is 0 Å². The average molecular weight is 440 g/mol. The molecular weight excluding hydrogens is 422 g/mol. The summed E-state index contributed by atoms with van der Waals surface area (Å²) in [5.74, 6) is -2.13. The normalized spacial score (nSPS) is 11.4. The van der Waals surface area contributed by atoms with Crippen LogP contribution in [0.15, 0.2) is 52.5 Å². The molecule has 0 unspecified atom stereocenters. The van der Waals surface area contributed by atoms with E-state index in [0.717, 1.165) is 17.7 Å². The zero-order valence-electron chi connectivity index (χ0n) is 16.9. The number of aromatic nitrogens is 4. The van der Waals surface area contributed by atoms with Crippen molar-refractivity contribution in [3.05, 3.63) is 70.4 Å². The smallest absolute Gasteiger partial charge is 0.353 e. The largest absolute Gasteiger partial charge is 0.507 e. The lowest BCUT2D eigenvalue weighted by Crippen LogP contribution is -2.24. The van der Waals surface area contributed by atoms with Crippen molar-refractivity contribution in [3.63, 3.8) is 0 Å². The van der Waals surface area contributed by atoms with Gasteiger partial charge >= 0.3 is 5.69 Å². The zero-order valence-corrected chi connectivity index (χ0v) is 17.7. The Balaban J connectivity index is 2.10. The number of phenolic OH excluding ortho intramolecular Hbond substituents is 1. The maximum Gasteiger partial charge on any atom is 0.353 e. The van der Waals surface area contributed by atoms with Crippen LogP contribution in [-0.2, 0) is 0 Å². The molecule has 0 aliphatic carbocycles. The van der Waals surface area contributed by atoms with E-state index in [1.165, 1.54) is 34.7 Å². The number of phenols is 1. The molecule has 1 N–H and O–H groups in total. The predicted octanol–water partition coefficient (Wildman–Crippen LogP) is 4.64. The van der Waals surface area contributed by atoms with Crippen LogP contribution in [-0.4, -0.2) is 29.9 Å². The van der Waals surface area contributed by atoms with Crippen molar-refractivity contribution in [1.82, 2.24) is 19.5 Å². The zero-order chi connectivity index (χ0) is 22.3. The third-order valence-electron chi connectivity index (χ3n) is 4.59. The van der Waals surface area contributed by atoms with Gasteiger partial charge in [0.05, 0.1) is 11.3 Å². The minimum absolute atomic E-state index is 0.0840. The van der Waals surface area contributed by atoms with Crippen LogP contribution in [0, 0.1) is 18.6 Å². The molecule has 0 fully saturated rings. The lowest BCUT2D eigenvalue weighted by molar-refractivity contribution is 0.470. The Bertz CT molecular complexity index is 1350. The first kappa shape index (κ1) is 20.9. The quantitative estimate of drug-likeness (QED) is 0.466. The first-order chi connectivity index (χ1) is 14.8. The third kappa shape index (κ3) is 3.76. The van der Waals surface area contributed by atoms with Crippen molar-refractivity contribution in [3.8, 4) is 22.7 Å². The molecule has 4 aromatic rings. The number of hydrogen-bond donors (Lipinski definition) is 1. The van der Waals surface area contributed by atoms with Crippen molar-refractivity contribution in [2.45, 2.75) is 31.0 Å². The summed E-state index contributed by atoms with van der Waals surface area (Å²) in [4.78, 5) is 25.4. The number of benzene rings is 1. The maximum absolute atomic E-state index is 14.9. The van der Waals surface area contributed by atoms with E-state index in [2.05, 4.69) is 15.0 Å². The van der Waals surface area contributed by atoms with Gasteiger partial charge in [-0.2, -0.15) is 0 Å². The molecule has 3 heterocycles. The molecule has 158 valence electrons. The molecule has 0 saturated carbocycles. The molecule has 0 radical (unpaired) electrons. The van der Waals surface area contributed by atoms with Crippen LogP contribution in [0.4, 0.5) is 8.78 Å². The highest BCUT2D eigenvalue weighted by Gasteiger charge is 2.21. The van der Waals surface area contributed by atoms with Gasteiger partial charge in [-0.15, -0.1) is 11.8 Å². The van der Waals surface area contributed by atoms with Gasteiger partial charge in [0.25, 0.3) is 0 Å². The molecule has 1 aromatic carbocycles. The van der Waals surface area contributed by atoms with Gasteiger partial charge in [0.1, 0.15) is 22.3 Å². The maximum atomic E-state index is 14.9. The second kappa shape index (κ2) is 8.07. The number of thioether (sulfide) groups is 1. The fourth-order valence-corrected chi connectivity index (χ4v) is 4.20. The number of aryl methyl sites for hydroxylation is 1. The highest BCUT2D eigenvalue weighted by atomic mass is 32.2. The molecule has 31 heavy (non-hydrogen) atoms. The summed E-state index contributed by atoms with van der Waals surface area (Å²) in [6, 6.07) is 6.52. The molecule has 0 aliphatic heterocycles. The first-order valence-electron chi connectivity index (χ1n) is 9.46. The van der Waals surface area contributed by atoms with E-state index in [9.17, 15) is 18.7 Å². The number of hydrogen-bond acceptors (Lipinski definition) is 6. The Labute approximate surface area is 180 Å². The summed E-state index contributed by atoms with van der Waals surface area (Å²) in [7, 11) is 0.